The molecular formula is C20H27BN2O6S. The number of amides is 1. The number of carbonyl (C=O) groups is 2. The molecule has 2 unspecified atom stereocenters. The molecule has 2 saturated heterocycles. The summed E-state index contributed by atoms with van der Waals surface area (Å²) in [7, 11) is 0.205. The Morgan fingerprint density at radius 3 is 2.97 bits per heavy atom. The molecule has 1 amide bonds. The second kappa shape index (κ2) is 8.68. The van der Waals surface area contributed by atoms with Gasteiger partial charge in [0.1, 0.15) is 17.1 Å². The molecule has 2 fully saturated rings. The van der Waals surface area contributed by atoms with Gasteiger partial charge in [0.05, 0.1) is 18.0 Å². The molecule has 3 heterocycles. The molecule has 2 atom stereocenters. The third kappa shape index (κ3) is 4.13. The molecule has 0 saturated carbocycles. The number of nitrogens with zero attached hydrogens (tertiary/aromatic N) is 1. The highest BCUT2D eigenvalue weighted by Crippen LogP contribution is 2.39. The molecule has 0 aromatic heterocycles. The number of carboxylic acid groups (broad SMARTS) is 1. The number of rotatable bonds is 5. The van der Waals surface area contributed by atoms with E-state index in [2.05, 4.69) is 5.32 Å². The molecule has 3 aliphatic heterocycles. The van der Waals surface area contributed by atoms with E-state index in [-0.39, 0.29) is 39.3 Å². The van der Waals surface area contributed by atoms with Crippen LogP contribution in [0.5, 0.6) is 11.5 Å². The van der Waals surface area contributed by atoms with Crippen LogP contribution in [0.3, 0.4) is 0 Å². The Labute approximate surface area is 180 Å². The van der Waals surface area contributed by atoms with Gasteiger partial charge in [0, 0.05) is 25.0 Å². The van der Waals surface area contributed by atoms with Crippen LogP contribution in [0, 0.1) is 5.41 Å². The van der Waals surface area contributed by atoms with Crippen molar-refractivity contribution in [3.05, 3.63) is 23.3 Å². The lowest BCUT2D eigenvalue weighted by molar-refractivity contribution is -0.127. The summed E-state index contributed by atoms with van der Waals surface area (Å²) in [5.74, 6) is -0.483. The van der Waals surface area contributed by atoms with Gasteiger partial charge in [-0.1, -0.05) is 6.07 Å². The number of hydrogen-bond donors (Lipinski definition) is 3. The number of likely N-dealkylation sites (tertiary alicyclic amines) is 1. The molecule has 10 heteroatoms. The molecule has 3 aliphatic rings. The number of thioether (sulfide) groups is 1. The number of fused-ring (bicyclic) bond motifs is 1. The number of nitrogens with one attached hydrogen (secondary N) is 1. The molecule has 1 aromatic rings. The Balaban J connectivity index is 1.38. The molecule has 0 bridgehead atoms. The van der Waals surface area contributed by atoms with Crippen LogP contribution in [0.4, 0.5) is 0 Å². The molecule has 1 aromatic carbocycles. The normalized spacial score (nSPS) is 25.7. The van der Waals surface area contributed by atoms with Crippen LogP contribution in [0.2, 0.25) is 0 Å². The van der Waals surface area contributed by atoms with E-state index in [0.717, 1.165) is 45.4 Å². The number of aromatic carboxylic acids is 1. The summed E-state index contributed by atoms with van der Waals surface area (Å²) >= 11 is 1.36. The van der Waals surface area contributed by atoms with Gasteiger partial charge in [-0.2, -0.15) is 0 Å². The first-order chi connectivity index (χ1) is 14.4. The number of carboxylic acids is 1. The maximum absolute atomic E-state index is 12.8. The summed E-state index contributed by atoms with van der Waals surface area (Å²) in [6.07, 6.45) is 3.79. The second-order valence-electron chi connectivity index (χ2n) is 8.34. The third-order valence-corrected chi connectivity index (χ3v) is 7.63. The summed E-state index contributed by atoms with van der Waals surface area (Å²) in [6.45, 7) is 3.62. The Morgan fingerprint density at radius 1 is 1.43 bits per heavy atom. The second-order valence-corrected chi connectivity index (χ2v) is 9.57. The van der Waals surface area contributed by atoms with Crippen molar-refractivity contribution < 1.29 is 29.1 Å². The lowest BCUT2D eigenvalue weighted by atomic mass is 9.77. The van der Waals surface area contributed by atoms with Crippen molar-refractivity contribution in [1.29, 1.82) is 0 Å². The van der Waals surface area contributed by atoms with Crippen molar-refractivity contribution in [3.63, 3.8) is 0 Å². The number of ether oxygens (including phenoxy) is 1. The molecule has 3 N–H and O–H groups in total. The fourth-order valence-corrected chi connectivity index (χ4v) is 5.78. The van der Waals surface area contributed by atoms with E-state index in [1.807, 2.05) is 4.90 Å². The molecule has 30 heavy (non-hydrogen) atoms. The van der Waals surface area contributed by atoms with Crippen molar-refractivity contribution in [3.8, 4) is 11.5 Å². The first-order valence-electron chi connectivity index (χ1n) is 10.3. The molecule has 8 nitrogen and oxygen atoms in total. The highest BCUT2D eigenvalue weighted by molar-refractivity contribution is 8.01. The van der Waals surface area contributed by atoms with Gasteiger partial charge in [-0.05, 0) is 43.9 Å². The van der Waals surface area contributed by atoms with E-state index < -0.39 is 13.1 Å². The molecule has 4 rings (SSSR count). The molecular weight excluding hydrogens is 407 g/mol. The van der Waals surface area contributed by atoms with Crippen LogP contribution in [0.1, 0.15) is 35.2 Å². The average Bonchev–Trinajstić information content (AvgIpc) is 3.14. The van der Waals surface area contributed by atoms with Crippen LogP contribution in [-0.2, 0) is 11.2 Å². The number of hydrogen-bond acceptors (Lipinski definition) is 7. The van der Waals surface area contributed by atoms with Gasteiger partial charge in [-0.15, -0.1) is 11.8 Å². The molecule has 0 radical (unpaired) electrons. The number of methoxy groups -OCH3 is 1. The zero-order valence-corrected chi connectivity index (χ0v) is 17.9. The van der Waals surface area contributed by atoms with Crippen LogP contribution < -0.4 is 14.7 Å². The number of piperidine rings is 1. The smallest absolute Gasteiger partial charge is 0.534 e. The van der Waals surface area contributed by atoms with Gasteiger partial charge < -0.3 is 29.7 Å². The lowest BCUT2D eigenvalue weighted by Crippen LogP contribution is -2.44. The largest absolute Gasteiger partial charge is 0.536 e. The van der Waals surface area contributed by atoms with Gasteiger partial charge in [0.25, 0.3) is 0 Å². The lowest BCUT2D eigenvalue weighted by Gasteiger charge is -2.33. The predicted molar refractivity (Wildman–Crippen MR) is 114 cm³/mol. The Morgan fingerprint density at radius 2 is 2.27 bits per heavy atom. The van der Waals surface area contributed by atoms with Crippen molar-refractivity contribution in [1.82, 2.24) is 10.2 Å². The Kier molecular flexibility index (Phi) is 6.17. The van der Waals surface area contributed by atoms with Crippen molar-refractivity contribution >= 4 is 30.8 Å². The van der Waals surface area contributed by atoms with Gasteiger partial charge in [0.2, 0.25) is 5.91 Å². The van der Waals surface area contributed by atoms with Gasteiger partial charge in [0.15, 0.2) is 0 Å². The molecule has 1 spiro atoms. The van der Waals surface area contributed by atoms with E-state index in [0.29, 0.717) is 12.0 Å². The van der Waals surface area contributed by atoms with E-state index in [1.165, 1.54) is 18.9 Å². The first-order valence-corrected chi connectivity index (χ1v) is 11.4. The van der Waals surface area contributed by atoms with Crippen LogP contribution >= 0.6 is 11.8 Å². The van der Waals surface area contributed by atoms with Gasteiger partial charge in [-0.3, -0.25) is 4.79 Å². The van der Waals surface area contributed by atoms with E-state index >= 15 is 0 Å². The highest BCUT2D eigenvalue weighted by Gasteiger charge is 2.42. The van der Waals surface area contributed by atoms with Crippen molar-refractivity contribution in [2.24, 2.45) is 5.41 Å². The maximum atomic E-state index is 12.8. The van der Waals surface area contributed by atoms with Gasteiger partial charge >= 0.3 is 13.1 Å². The predicted octanol–water partition coefficient (Wildman–Crippen LogP) is 1.05. The monoisotopic (exact) mass is 434 g/mol. The zero-order chi connectivity index (χ0) is 21.3. The standard InChI is InChI=1S/C20H27BN2O6S/c1-28-14-4-3-13-9-15(21(27)29-18(13)17(14)19(25)26)30-10-16(24)23-8-6-20(12-23)5-2-7-22-11-20/h3-4,15,22,27H,2,5-12H2,1H3,(H,25,26). The number of carbonyl (C=O) groups excluding carboxylic acids is 1. The van der Waals surface area contributed by atoms with Gasteiger partial charge in [-0.25, -0.2) is 4.79 Å². The van der Waals surface area contributed by atoms with Crippen molar-refractivity contribution in [2.75, 3.05) is 39.0 Å². The third-order valence-electron chi connectivity index (χ3n) is 6.39. The van der Waals surface area contributed by atoms with Crippen LogP contribution in [0.25, 0.3) is 0 Å². The summed E-state index contributed by atoms with van der Waals surface area (Å²) < 4.78 is 10.7. The summed E-state index contributed by atoms with van der Waals surface area (Å²) in [6, 6.07) is 3.35. The topological polar surface area (TPSA) is 108 Å². The summed E-state index contributed by atoms with van der Waals surface area (Å²) in [4.78, 5) is 26.3. The minimum Gasteiger partial charge on any atom is -0.534 e. The van der Waals surface area contributed by atoms with E-state index in [4.69, 9.17) is 9.39 Å². The van der Waals surface area contributed by atoms with Crippen LogP contribution in [0.15, 0.2) is 12.1 Å². The highest BCUT2D eigenvalue weighted by atomic mass is 32.2. The maximum Gasteiger partial charge on any atom is 0.536 e. The summed E-state index contributed by atoms with van der Waals surface area (Å²) in [5.41, 5.74) is 0.825. The SMILES string of the molecule is COc1ccc2c(c1C(=O)O)OB(O)C(SCC(=O)N1CCC3(CCCNC3)C1)C2. The minimum absolute atomic E-state index is 0.0846. The van der Waals surface area contributed by atoms with Crippen molar-refractivity contribution in [2.45, 2.75) is 30.8 Å². The fourth-order valence-electron chi connectivity index (χ4n) is 4.73. The minimum atomic E-state index is -1.19. The molecule has 0 aliphatic carbocycles. The van der Waals surface area contributed by atoms with Crippen LogP contribution in [-0.4, -0.2) is 78.2 Å². The Hall–Kier alpha value is -1.91. The summed E-state index contributed by atoms with van der Waals surface area (Å²) in [5, 5.41) is 23.1. The quantitative estimate of drug-likeness (QED) is 0.591. The van der Waals surface area contributed by atoms with E-state index in [1.54, 1.807) is 12.1 Å². The Bertz CT molecular complexity index is 832. The fraction of sp³-hybridized carbons (Fsp3) is 0.600. The molecule has 162 valence electrons. The first kappa shape index (κ1) is 21.3. The average molecular weight is 434 g/mol. The zero-order valence-electron chi connectivity index (χ0n) is 17.1. The van der Waals surface area contributed by atoms with E-state index in [9.17, 15) is 19.7 Å². The number of benzene rings is 1.